The van der Waals surface area contributed by atoms with Crippen molar-refractivity contribution >= 4 is 11.6 Å². The fourth-order valence-electron chi connectivity index (χ4n) is 1.62. The third-order valence-electron chi connectivity index (χ3n) is 2.84. The van der Waals surface area contributed by atoms with Gasteiger partial charge >= 0.3 is 0 Å². The van der Waals surface area contributed by atoms with E-state index in [4.69, 9.17) is 11.6 Å². The standard InChI is InChI=1S/C13H20ClNO/c1-9(2)13(8-16)15-10(3)11-4-6-12(14)7-5-11/h4-7,9-10,13,15-16H,8H2,1-3H3. The van der Waals surface area contributed by atoms with Crippen LogP contribution in [0.3, 0.4) is 0 Å². The monoisotopic (exact) mass is 241 g/mol. The molecule has 0 aliphatic heterocycles. The molecule has 0 bridgehead atoms. The van der Waals surface area contributed by atoms with E-state index in [1.54, 1.807) is 0 Å². The minimum atomic E-state index is 0.130. The van der Waals surface area contributed by atoms with Crippen LogP contribution in [-0.2, 0) is 0 Å². The molecule has 2 atom stereocenters. The van der Waals surface area contributed by atoms with Gasteiger partial charge in [-0.25, -0.2) is 0 Å². The average Bonchev–Trinajstić information content (AvgIpc) is 2.26. The Morgan fingerprint density at radius 2 is 1.75 bits per heavy atom. The van der Waals surface area contributed by atoms with Crippen LogP contribution in [0, 0.1) is 5.92 Å². The van der Waals surface area contributed by atoms with Crippen LogP contribution in [0.25, 0.3) is 0 Å². The molecule has 90 valence electrons. The number of aliphatic hydroxyl groups excluding tert-OH is 1. The van der Waals surface area contributed by atoms with Gasteiger partial charge in [-0.05, 0) is 30.5 Å². The van der Waals surface area contributed by atoms with Gasteiger partial charge in [-0.1, -0.05) is 37.6 Å². The van der Waals surface area contributed by atoms with Gasteiger partial charge in [-0.3, -0.25) is 0 Å². The SMILES string of the molecule is CC(NC(CO)C(C)C)c1ccc(Cl)cc1. The first-order valence-corrected chi connectivity index (χ1v) is 6.04. The number of aliphatic hydroxyl groups is 1. The maximum absolute atomic E-state index is 9.25. The first kappa shape index (κ1) is 13.5. The molecule has 1 aromatic rings. The van der Waals surface area contributed by atoms with Gasteiger partial charge in [0.15, 0.2) is 0 Å². The molecule has 0 radical (unpaired) electrons. The molecule has 2 unspecified atom stereocenters. The second kappa shape index (κ2) is 6.24. The molecule has 0 aliphatic carbocycles. The minimum absolute atomic E-state index is 0.130. The topological polar surface area (TPSA) is 32.3 Å². The molecule has 0 heterocycles. The Kier molecular flexibility index (Phi) is 5.26. The molecule has 0 aliphatic rings. The van der Waals surface area contributed by atoms with Crippen LogP contribution in [0.15, 0.2) is 24.3 Å². The number of hydrogen-bond donors (Lipinski definition) is 2. The lowest BCUT2D eigenvalue weighted by Gasteiger charge is -2.25. The van der Waals surface area contributed by atoms with Gasteiger partial charge in [0, 0.05) is 17.1 Å². The predicted octanol–water partition coefficient (Wildman–Crippen LogP) is 3.01. The Hall–Kier alpha value is -0.570. The van der Waals surface area contributed by atoms with Gasteiger partial charge in [-0.2, -0.15) is 0 Å². The van der Waals surface area contributed by atoms with Crippen molar-refractivity contribution in [2.75, 3.05) is 6.61 Å². The molecule has 1 rings (SSSR count). The smallest absolute Gasteiger partial charge is 0.0587 e. The highest BCUT2D eigenvalue weighted by Crippen LogP contribution is 2.17. The first-order chi connectivity index (χ1) is 7.54. The summed E-state index contributed by atoms with van der Waals surface area (Å²) < 4.78 is 0. The van der Waals surface area contributed by atoms with E-state index in [0.717, 1.165) is 5.02 Å². The van der Waals surface area contributed by atoms with Crippen molar-refractivity contribution in [3.05, 3.63) is 34.9 Å². The van der Waals surface area contributed by atoms with Gasteiger partial charge in [0.2, 0.25) is 0 Å². The van der Waals surface area contributed by atoms with E-state index in [2.05, 4.69) is 26.1 Å². The average molecular weight is 242 g/mol. The maximum Gasteiger partial charge on any atom is 0.0587 e. The maximum atomic E-state index is 9.25. The summed E-state index contributed by atoms with van der Waals surface area (Å²) in [5.74, 6) is 0.416. The van der Waals surface area contributed by atoms with Gasteiger partial charge in [0.05, 0.1) is 6.61 Å². The molecule has 0 saturated heterocycles. The van der Waals surface area contributed by atoms with Crippen molar-refractivity contribution in [2.24, 2.45) is 5.92 Å². The van der Waals surface area contributed by atoms with Gasteiger partial charge in [0.25, 0.3) is 0 Å². The Balaban J connectivity index is 2.64. The summed E-state index contributed by atoms with van der Waals surface area (Å²) in [6.45, 7) is 6.45. The zero-order valence-electron chi connectivity index (χ0n) is 10.1. The molecule has 0 aromatic heterocycles. The third-order valence-corrected chi connectivity index (χ3v) is 3.09. The highest BCUT2D eigenvalue weighted by atomic mass is 35.5. The number of halogens is 1. The molecule has 0 saturated carbocycles. The van der Waals surface area contributed by atoms with Crippen molar-refractivity contribution < 1.29 is 5.11 Å². The van der Waals surface area contributed by atoms with Crippen LogP contribution in [0.1, 0.15) is 32.4 Å². The van der Waals surface area contributed by atoms with E-state index in [1.165, 1.54) is 5.56 Å². The zero-order valence-corrected chi connectivity index (χ0v) is 10.8. The fourth-order valence-corrected chi connectivity index (χ4v) is 1.75. The Morgan fingerprint density at radius 3 is 2.19 bits per heavy atom. The lowest BCUT2D eigenvalue weighted by atomic mass is 10.0. The largest absolute Gasteiger partial charge is 0.395 e. The first-order valence-electron chi connectivity index (χ1n) is 5.67. The van der Waals surface area contributed by atoms with Crippen molar-refractivity contribution in [3.63, 3.8) is 0 Å². The summed E-state index contributed by atoms with van der Waals surface area (Å²) >= 11 is 5.84. The fraction of sp³-hybridized carbons (Fsp3) is 0.538. The lowest BCUT2D eigenvalue weighted by Crippen LogP contribution is -2.38. The number of benzene rings is 1. The third kappa shape index (κ3) is 3.78. The summed E-state index contributed by atoms with van der Waals surface area (Å²) in [7, 11) is 0. The highest BCUT2D eigenvalue weighted by molar-refractivity contribution is 6.30. The van der Waals surface area contributed by atoms with Crippen molar-refractivity contribution in [3.8, 4) is 0 Å². The number of hydrogen-bond acceptors (Lipinski definition) is 2. The second-order valence-corrected chi connectivity index (χ2v) is 4.91. The molecule has 0 amide bonds. The molecule has 16 heavy (non-hydrogen) atoms. The van der Waals surface area contributed by atoms with E-state index in [-0.39, 0.29) is 18.7 Å². The van der Waals surface area contributed by atoms with E-state index in [0.29, 0.717) is 5.92 Å². The number of rotatable bonds is 5. The normalized spacial score (nSPS) is 15.1. The summed E-state index contributed by atoms with van der Waals surface area (Å²) in [6.07, 6.45) is 0. The van der Waals surface area contributed by atoms with Crippen molar-refractivity contribution in [1.29, 1.82) is 0 Å². The summed E-state index contributed by atoms with van der Waals surface area (Å²) in [5, 5.41) is 13.4. The van der Waals surface area contributed by atoms with E-state index in [1.807, 2.05) is 24.3 Å². The molecule has 0 spiro atoms. The molecule has 2 nitrogen and oxygen atoms in total. The number of nitrogens with one attached hydrogen (secondary N) is 1. The quantitative estimate of drug-likeness (QED) is 0.831. The summed E-state index contributed by atoms with van der Waals surface area (Å²) in [5.41, 5.74) is 1.18. The molecule has 0 fully saturated rings. The molecule has 3 heteroatoms. The van der Waals surface area contributed by atoms with Crippen molar-refractivity contribution in [1.82, 2.24) is 5.32 Å². The zero-order chi connectivity index (χ0) is 12.1. The Labute approximate surface area is 103 Å². The van der Waals surface area contributed by atoms with E-state index in [9.17, 15) is 5.11 Å². The van der Waals surface area contributed by atoms with Crippen LogP contribution in [0.4, 0.5) is 0 Å². The van der Waals surface area contributed by atoms with Gasteiger partial charge in [0.1, 0.15) is 0 Å². The van der Waals surface area contributed by atoms with Gasteiger partial charge in [-0.15, -0.1) is 0 Å². The van der Waals surface area contributed by atoms with Gasteiger partial charge < -0.3 is 10.4 Å². The van der Waals surface area contributed by atoms with Crippen LogP contribution < -0.4 is 5.32 Å². The lowest BCUT2D eigenvalue weighted by molar-refractivity contribution is 0.201. The Bertz CT molecular complexity index is 310. The van der Waals surface area contributed by atoms with Crippen LogP contribution in [0.2, 0.25) is 5.02 Å². The second-order valence-electron chi connectivity index (χ2n) is 4.47. The molecular formula is C13H20ClNO. The van der Waals surface area contributed by atoms with E-state index < -0.39 is 0 Å². The van der Waals surface area contributed by atoms with Crippen LogP contribution >= 0.6 is 11.6 Å². The molecule has 1 aromatic carbocycles. The highest BCUT2D eigenvalue weighted by Gasteiger charge is 2.15. The van der Waals surface area contributed by atoms with Crippen LogP contribution in [-0.4, -0.2) is 17.8 Å². The molecular weight excluding hydrogens is 222 g/mol. The summed E-state index contributed by atoms with van der Waals surface area (Å²) in [4.78, 5) is 0. The van der Waals surface area contributed by atoms with Crippen molar-refractivity contribution in [2.45, 2.75) is 32.9 Å². The Morgan fingerprint density at radius 1 is 1.19 bits per heavy atom. The molecule has 2 N–H and O–H groups in total. The predicted molar refractivity (Wildman–Crippen MR) is 68.7 cm³/mol. The minimum Gasteiger partial charge on any atom is -0.395 e. The van der Waals surface area contributed by atoms with Crippen LogP contribution in [0.5, 0.6) is 0 Å². The summed E-state index contributed by atoms with van der Waals surface area (Å²) in [6, 6.07) is 8.14. The van der Waals surface area contributed by atoms with E-state index >= 15 is 0 Å².